The fourth-order valence-corrected chi connectivity index (χ4v) is 4.00. The Morgan fingerprint density at radius 3 is 2.50 bits per heavy atom. The van der Waals surface area contributed by atoms with Crippen molar-refractivity contribution in [2.24, 2.45) is 0 Å². The zero-order valence-corrected chi connectivity index (χ0v) is 16.9. The van der Waals surface area contributed by atoms with Crippen LogP contribution >= 0.6 is 22.6 Å². The van der Waals surface area contributed by atoms with Crippen molar-refractivity contribution in [3.63, 3.8) is 0 Å². The Kier molecular flexibility index (Phi) is 5.13. The smallest absolute Gasteiger partial charge is 0.258 e. The number of nitrogens with zero attached hydrogens (tertiary/aromatic N) is 1. The van der Waals surface area contributed by atoms with Gasteiger partial charge in [0.15, 0.2) is 0 Å². The van der Waals surface area contributed by atoms with E-state index in [1.807, 2.05) is 46.9 Å². The molecule has 0 bridgehead atoms. The molecule has 0 aromatic heterocycles. The summed E-state index contributed by atoms with van der Waals surface area (Å²) in [6, 6.07) is 18.7. The monoisotopic (exact) mass is 486 g/mol. The summed E-state index contributed by atoms with van der Waals surface area (Å²) in [5, 5.41) is 2.78. The van der Waals surface area contributed by atoms with E-state index in [9.17, 15) is 14.0 Å². The van der Waals surface area contributed by atoms with Crippen LogP contribution in [0.25, 0.3) is 0 Å². The third-order valence-corrected chi connectivity index (χ3v) is 5.59. The molecule has 6 heteroatoms. The molecule has 3 aromatic carbocycles. The number of fused-ring (bicyclic) bond motifs is 1. The van der Waals surface area contributed by atoms with Crippen LogP contribution in [0.5, 0.6) is 0 Å². The molecule has 1 heterocycles. The first kappa shape index (κ1) is 18.6. The van der Waals surface area contributed by atoms with Gasteiger partial charge in [0.1, 0.15) is 5.82 Å². The van der Waals surface area contributed by atoms with Gasteiger partial charge in [0.25, 0.3) is 11.8 Å². The predicted molar refractivity (Wildman–Crippen MR) is 115 cm³/mol. The van der Waals surface area contributed by atoms with Crippen molar-refractivity contribution in [3.05, 3.63) is 92.8 Å². The van der Waals surface area contributed by atoms with Crippen LogP contribution in [-0.4, -0.2) is 18.4 Å². The second-order valence-corrected chi connectivity index (χ2v) is 7.65. The van der Waals surface area contributed by atoms with Crippen LogP contribution in [0.15, 0.2) is 66.7 Å². The van der Waals surface area contributed by atoms with Crippen molar-refractivity contribution in [3.8, 4) is 0 Å². The zero-order valence-electron chi connectivity index (χ0n) is 14.8. The second kappa shape index (κ2) is 7.71. The molecule has 1 aliphatic rings. The highest BCUT2D eigenvalue weighted by Crippen LogP contribution is 2.29. The maximum absolute atomic E-state index is 13.2. The van der Waals surface area contributed by atoms with Gasteiger partial charge in [-0.1, -0.05) is 18.2 Å². The maximum Gasteiger partial charge on any atom is 0.258 e. The van der Waals surface area contributed by atoms with E-state index >= 15 is 0 Å². The van der Waals surface area contributed by atoms with Gasteiger partial charge < -0.3 is 10.2 Å². The van der Waals surface area contributed by atoms with Gasteiger partial charge in [-0.15, -0.1) is 0 Å². The average Bonchev–Trinajstić information content (AvgIpc) is 3.12. The topological polar surface area (TPSA) is 49.4 Å². The zero-order chi connectivity index (χ0) is 19.7. The van der Waals surface area contributed by atoms with Gasteiger partial charge >= 0.3 is 0 Å². The summed E-state index contributed by atoms with van der Waals surface area (Å²) in [5.41, 5.74) is 3.66. The molecule has 28 heavy (non-hydrogen) atoms. The molecule has 0 unspecified atom stereocenters. The van der Waals surface area contributed by atoms with E-state index in [-0.39, 0.29) is 17.6 Å². The van der Waals surface area contributed by atoms with E-state index in [0.717, 1.165) is 12.1 Å². The maximum atomic E-state index is 13.2. The van der Waals surface area contributed by atoms with Crippen molar-refractivity contribution in [2.75, 3.05) is 16.8 Å². The van der Waals surface area contributed by atoms with Crippen LogP contribution in [0.4, 0.5) is 15.8 Å². The molecule has 0 radical (unpaired) electrons. The summed E-state index contributed by atoms with van der Waals surface area (Å²) < 4.78 is 13.7. The summed E-state index contributed by atoms with van der Waals surface area (Å²) in [4.78, 5) is 27.0. The van der Waals surface area contributed by atoms with Gasteiger partial charge in [-0.25, -0.2) is 4.39 Å². The molecule has 140 valence electrons. The van der Waals surface area contributed by atoms with Gasteiger partial charge in [-0.3, -0.25) is 9.59 Å². The minimum atomic E-state index is -0.382. The lowest BCUT2D eigenvalue weighted by molar-refractivity contribution is 0.0988. The van der Waals surface area contributed by atoms with Crippen molar-refractivity contribution >= 4 is 45.8 Å². The Hall–Kier alpha value is -2.74. The van der Waals surface area contributed by atoms with Gasteiger partial charge in [0.2, 0.25) is 0 Å². The number of nitrogens with one attached hydrogen (secondary N) is 1. The average molecular weight is 486 g/mol. The molecule has 2 amide bonds. The van der Waals surface area contributed by atoms with Crippen molar-refractivity contribution in [1.82, 2.24) is 0 Å². The second-order valence-electron chi connectivity index (χ2n) is 6.49. The summed E-state index contributed by atoms with van der Waals surface area (Å²) in [6.45, 7) is 0.666. The third-order valence-electron chi connectivity index (χ3n) is 4.70. The summed E-state index contributed by atoms with van der Waals surface area (Å²) in [6.07, 6.45) is 0.854. The highest BCUT2D eigenvalue weighted by atomic mass is 127. The van der Waals surface area contributed by atoms with Crippen LogP contribution in [0.1, 0.15) is 26.3 Å². The predicted octanol–water partition coefficient (Wildman–Crippen LogP) is 4.89. The number of benzene rings is 3. The first-order valence-corrected chi connectivity index (χ1v) is 9.87. The van der Waals surface area contributed by atoms with E-state index in [2.05, 4.69) is 5.32 Å². The van der Waals surface area contributed by atoms with Crippen LogP contribution < -0.4 is 10.2 Å². The molecule has 0 saturated heterocycles. The summed E-state index contributed by atoms with van der Waals surface area (Å²) >= 11 is 1.93. The Morgan fingerprint density at radius 1 is 1.00 bits per heavy atom. The molecule has 0 spiro atoms. The van der Waals surface area contributed by atoms with Gasteiger partial charge in [0.05, 0.1) is 5.56 Å². The van der Waals surface area contributed by atoms with Crippen LogP contribution in [0.2, 0.25) is 0 Å². The number of rotatable bonds is 3. The van der Waals surface area contributed by atoms with E-state index in [0.29, 0.717) is 26.9 Å². The lowest BCUT2D eigenvalue weighted by Crippen LogP contribution is -2.28. The molecular weight excluding hydrogens is 470 g/mol. The first-order chi connectivity index (χ1) is 13.5. The number of halogens is 2. The van der Waals surface area contributed by atoms with Gasteiger partial charge in [-0.05, 0) is 83.1 Å². The normalized spacial score (nSPS) is 12.6. The van der Waals surface area contributed by atoms with E-state index in [4.69, 9.17) is 0 Å². The van der Waals surface area contributed by atoms with E-state index in [1.165, 1.54) is 23.8 Å². The number of para-hydroxylation sites is 1. The Morgan fingerprint density at radius 2 is 1.75 bits per heavy atom. The molecule has 1 aliphatic heterocycles. The van der Waals surface area contributed by atoms with Gasteiger partial charge in [-0.2, -0.15) is 0 Å². The van der Waals surface area contributed by atoms with Crippen LogP contribution in [0.3, 0.4) is 0 Å². The fourth-order valence-electron chi connectivity index (χ4n) is 3.27. The van der Waals surface area contributed by atoms with Gasteiger partial charge in [0, 0.05) is 27.1 Å². The number of hydrogen-bond acceptors (Lipinski definition) is 2. The standard InChI is InChI=1S/C22H16FIN2O2/c23-16-7-10-18(19(24)13-16)21(27)25-17-8-5-15(6-9-17)22(28)26-12-11-14-3-1-2-4-20(14)26/h1-10,13H,11-12H2,(H,25,27). The van der Waals surface area contributed by atoms with Crippen LogP contribution in [-0.2, 0) is 6.42 Å². The van der Waals surface area contributed by atoms with Crippen molar-refractivity contribution in [2.45, 2.75) is 6.42 Å². The fraction of sp³-hybridized carbons (Fsp3) is 0.0909. The third kappa shape index (κ3) is 3.64. The molecule has 0 saturated carbocycles. The number of amides is 2. The molecule has 0 aliphatic carbocycles. The van der Waals surface area contributed by atoms with E-state index in [1.54, 1.807) is 29.2 Å². The minimum absolute atomic E-state index is 0.0593. The van der Waals surface area contributed by atoms with E-state index < -0.39 is 0 Å². The quantitative estimate of drug-likeness (QED) is 0.537. The number of anilines is 2. The lowest BCUT2D eigenvalue weighted by Gasteiger charge is -2.17. The highest BCUT2D eigenvalue weighted by Gasteiger charge is 2.25. The molecular formula is C22H16FIN2O2. The lowest BCUT2D eigenvalue weighted by atomic mass is 10.1. The van der Waals surface area contributed by atoms with Crippen molar-refractivity contribution in [1.29, 1.82) is 0 Å². The molecule has 4 rings (SSSR count). The number of hydrogen-bond donors (Lipinski definition) is 1. The molecule has 3 aromatic rings. The minimum Gasteiger partial charge on any atom is -0.322 e. The van der Waals surface area contributed by atoms with Crippen molar-refractivity contribution < 1.29 is 14.0 Å². The largest absolute Gasteiger partial charge is 0.322 e. The molecule has 1 N–H and O–H groups in total. The molecule has 0 atom stereocenters. The molecule has 4 nitrogen and oxygen atoms in total. The Bertz CT molecular complexity index is 1070. The van der Waals surface area contributed by atoms with Crippen LogP contribution in [0, 0.1) is 9.39 Å². The molecule has 0 fully saturated rings. The summed E-state index contributed by atoms with van der Waals surface area (Å²) in [7, 11) is 0. The SMILES string of the molecule is O=C(Nc1ccc(C(=O)N2CCc3ccccc32)cc1)c1ccc(F)cc1I. The highest BCUT2D eigenvalue weighted by molar-refractivity contribution is 14.1. The Balaban J connectivity index is 1.48. The Labute approximate surface area is 175 Å². The summed E-state index contributed by atoms with van der Waals surface area (Å²) in [5.74, 6) is -0.764. The number of carbonyl (C=O) groups excluding carboxylic acids is 2. The first-order valence-electron chi connectivity index (χ1n) is 8.79. The number of carbonyl (C=O) groups is 2.